The van der Waals surface area contributed by atoms with Crippen molar-refractivity contribution in [2.75, 3.05) is 14.2 Å². The van der Waals surface area contributed by atoms with Crippen molar-refractivity contribution in [1.82, 2.24) is 5.16 Å². The molecule has 6 heteroatoms. The lowest BCUT2D eigenvalue weighted by Crippen LogP contribution is -1.98. The second-order valence-electron chi connectivity index (χ2n) is 4.48. The van der Waals surface area contributed by atoms with Crippen LogP contribution in [-0.2, 0) is 16.1 Å². The Kier molecular flexibility index (Phi) is 5.19. The summed E-state index contributed by atoms with van der Waals surface area (Å²) in [6, 6.07) is 7.15. The zero-order chi connectivity index (χ0) is 15.9. The van der Waals surface area contributed by atoms with Crippen LogP contribution in [0.2, 0.25) is 0 Å². The Hall–Kier alpha value is -2.76. The number of hydrogen-bond donors (Lipinski definition) is 0. The standard InChI is InChI=1S/C16H17NO5/c1-11-8-13(17-22-11)10-21-14-6-4-12(9-15(14)19-2)5-7-16(18)20-3/h4-9H,10H2,1-3H3. The van der Waals surface area contributed by atoms with E-state index in [0.717, 1.165) is 11.3 Å². The minimum atomic E-state index is -0.416. The van der Waals surface area contributed by atoms with E-state index in [-0.39, 0.29) is 6.61 Å². The second-order valence-corrected chi connectivity index (χ2v) is 4.48. The number of hydrogen-bond acceptors (Lipinski definition) is 6. The zero-order valence-corrected chi connectivity index (χ0v) is 12.7. The van der Waals surface area contributed by atoms with E-state index in [1.54, 1.807) is 31.4 Å². The second kappa shape index (κ2) is 7.31. The minimum Gasteiger partial charge on any atom is -0.493 e. The number of nitrogens with zero attached hydrogens (tertiary/aromatic N) is 1. The van der Waals surface area contributed by atoms with Crippen LogP contribution in [0, 0.1) is 6.92 Å². The zero-order valence-electron chi connectivity index (χ0n) is 12.7. The fourth-order valence-electron chi connectivity index (χ4n) is 1.78. The van der Waals surface area contributed by atoms with E-state index in [1.165, 1.54) is 13.2 Å². The van der Waals surface area contributed by atoms with Crippen molar-refractivity contribution in [2.45, 2.75) is 13.5 Å². The van der Waals surface area contributed by atoms with Crippen LogP contribution < -0.4 is 9.47 Å². The van der Waals surface area contributed by atoms with Crippen molar-refractivity contribution < 1.29 is 23.5 Å². The van der Waals surface area contributed by atoms with Gasteiger partial charge in [-0.2, -0.15) is 0 Å². The van der Waals surface area contributed by atoms with Gasteiger partial charge in [-0.3, -0.25) is 0 Å². The van der Waals surface area contributed by atoms with Crippen LogP contribution in [0.1, 0.15) is 17.0 Å². The Labute approximate surface area is 128 Å². The van der Waals surface area contributed by atoms with Crippen molar-refractivity contribution >= 4 is 12.0 Å². The van der Waals surface area contributed by atoms with E-state index >= 15 is 0 Å². The third-order valence-electron chi connectivity index (χ3n) is 2.85. The van der Waals surface area contributed by atoms with E-state index in [9.17, 15) is 4.79 Å². The summed E-state index contributed by atoms with van der Waals surface area (Å²) in [5.41, 5.74) is 1.50. The van der Waals surface area contributed by atoms with E-state index in [2.05, 4.69) is 9.89 Å². The highest BCUT2D eigenvalue weighted by Gasteiger charge is 2.07. The number of carbonyl (C=O) groups is 1. The molecule has 0 saturated heterocycles. The normalized spacial score (nSPS) is 10.7. The lowest BCUT2D eigenvalue weighted by molar-refractivity contribution is -0.134. The van der Waals surface area contributed by atoms with Gasteiger partial charge in [0.2, 0.25) is 0 Å². The van der Waals surface area contributed by atoms with Crippen LogP contribution in [0.4, 0.5) is 0 Å². The maximum Gasteiger partial charge on any atom is 0.330 e. The van der Waals surface area contributed by atoms with Crippen LogP contribution in [0.5, 0.6) is 11.5 Å². The topological polar surface area (TPSA) is 70.8 Å². The summed E-state index contributed by atoms with van der Waals surface area (Å²) in [5.74, 6) is 1.46. The molecule has 116 valence electrons. The average molecular weight is 303 g/mol. The van der Waals surface area contributed by atoms with Gasteiger partial charge < -0.3 is 18.7 Å². The van der Waals surface area contributed by atoms with Gasteiger partial charge in [0, 0.05) is 12.1 Å². The Bertz CT molecular complexity index is 675. The molecule has 0 atom stereocenters. The predicted molar refractivity (Wildman–Crippen MR) is 79.6 cm³/mol. The van der Waals surface area contributed by atoms with Gasteiger partial charge in [0.25, 0.3) is 0 Å². The molecule has 0 aliphatic carbocycles. The highest BCUT2D eigenvalue weighted by atomic mass is 16.5. The summed E-state index contributed by atoms with van der Waals surface area (Å²) in [6.45, 7) is 2.10. The summed E-state index contributed by atoms with van der Waals surface area (Å²) in [7, 11) is 2.88. The number of aryl methyl sites for hydroxylation is 1. The summed E-state index contributed by atoms with van der Waals surface area (Å²) >= 11 is 0. The highest BCUT2D eigenvalue weighted by Crippen LogP contribution is 2.29. The molecule has 2 aromatic rings. The van der Waals surface area contributed by atoms with E-state index in [4.69, 9.17) is 14.0 Å². The van der Waals surface area contributed by atoms with Crippen LogP contribution in [0.15, 0.2) is 34.9 Å². The average Bonchev–Trinajstić information content (AvgIpc) is 2.96. The van der Waals surface area contributed by atoms with Crippen molar-refractivity contribution in [3.63, 3.8) is 0 Å². The first-order valence-corrected chi connectivity index (χ1v) is 6.61. The van der Waals surface area contributed by atoms with Crippen molar-refractivity contribution in [2.24, 2.45) is 0 Å². The summed E-state index contributed by atoms with van der Waals surface area (Å²) in [5, 5.41) is 3.86. The van der Waals surface area contributed by atoms with E-state index in [0.29, 0.717) is 17.2 Å². The van der Waals surface area contributed by atoms with Gasteiger partial charge in [-0.05, 0) is 30.7 Å². The Morgan fingerprint density at radius 2 is 2.09 bits per heavy atom. The van der Waals surface area contributed by atoms with Gasteiger partial charge in [0.15, 0.2) is 11.5 Å². The fraction of sp³-hybridized carbons (Fsp3) is 0.250. The molecule has 0 unspecified atom stereocenters. The van der Waals surface area contributed by atoms with Gasteiger partial charge in [0.1, 0.15) is 18.1 Å². The maximum atomic E-state index is 11.1. The molecule has 0 aliphatic heterocycles. The molecule has 0 saturated carbocycles. The largest absolute Gasteiger partial charge is 0.493 e. The van der Waals surface area contributed by atoms with Gasteiger partial charge in [0.05, 0.1) is 14.2 Å². The number of rotatable bonds is 6. The summed E-state index contributed by atoms with van der Waals surface area (Å²) in [6.07, 6.45) is 2.98. The molecule has 0 N–H and O–H groups in total. The predicted octanol–water partition coefficient (Wildman–Crippen LogP) is 2.76. The molecule has 0 bridgehead atoms. The number of benzene rings is 1. The quantitative estimate of drug-likeness (QED) is 0.603. The first kappa shape index (κ1) is 15.6. The Morgan fingerprint density at radius 3 is 2.73 bits per heavy atom. The minimum absolute atomic E-state index is 0.283. The monoisotopic (exact) mass is 303 g/mol. The third-order valence-corrected chi connectivity index (χ3v) is 2.85. The SMILES string of the molecule is COC(=O)C=Cc1ccc(OCc2cc(C)on2)c(OC)c1. The molecule has 1 aromatic heterocycles. The number of carbonyl (C=O) groups excluding carboxylic acids is 1. The summed E-state index contributed by atoms with van der Waals surface area (Å²) in [4.78, 5) is 11.1. The molecule has 0 radical (unpaired) electrons. The smallest absolute Gasteiger partial charge is 0.330 e. The van der Waals surface area contributed by atoms with Gasteiger partial charge in [-0.15, -0.1) is 0 Å². The molecule has 0 spiro atoms. The fourth-order valence-corrected chi connectivity index (χ4v) is 1.78. The first-order chi connectivity index (χ1) is 10.6. The molecule has 0 fully saturated rings. The number of ether oxygens (including phenoxy) is 3. The van der Waals surface area contributed by atoms with Gasteiger partial charge in [-0.25, -0.2) is 4.79 Å². The number of esters is 1. The third kappa shape index (κ3) is 4.12. The highest BCUT2D eigenvalue weighted by molar-refractivity contribution is 5.87. The Balaban J connectivity index is 2.08. The lowest BCUT2D eigenvalue weighted by atomic mass is 10.2. The van der Waals surface area contributed by atoms with Crippen LogP contribution in [0.25, 0.3) is 6.08 Å². The molecular weight excluding hydrogens is 286 g/mol. The van der Waals surface area contributed by atoms with Gasteiger partial charge >= 0.3 is 5.97 Å². The molecule has 1 aromatic carbocycles. The van der Waals surface area contributed by atoms with Gasteiger partial charge in [-0.1, -0.05) is 11.2 Å². The van der Waals surface area contributed by atoms with Crippen LogP contribution in [-0.4, -0.2) is 25.3 Å². The first-order valence-electron chi connectivity index (χ1n) is 6.61. The van der Waals surface area contributed by atoms with Crippen LogP contribution in [0.3, 0.4) is 0 Å². The molecule has 22 heavy (non-hydrogen) atoms. The number of methoxy groups -OCH3 is 2. The van der Waals surface area contributed by atoms with Crippen molar-refractivity contribution in [1.29, 1.82) is 0 Å². The van der Waals surface area contributed by atoms with Crippen molar-refractivity contribution in [3.05, 3.63) is 47.4 Å². The van der Waals surface area contributed by atoms with Crippen molar-refractivity contribution in [3.8, 4) is 11.5 Å². The van der Waals surface area contributed by atoms with E-state index in [1.807, 2.05) is 13.0 Å². The molecule has 0 aliphatic rings. The molecule has 0 amide bonds. The Morgan fingerprint density at radius 1 is 1.27 bits per heavy atom. The molecule has 6 nitrogen and oxygen atoms in total. The maximum absolute atomic E-state index is 11.1. The molecular formula is C16H17NO5. The van der Waals surface area contributed by atoms with Crippen LogP contribution >= 0.6 is 0 Å². The molecule has 1 heterocycles. The van der Waals surface area contributed by atoms with E-state index < -0.39 is 5.97 Å². The molecule has 2 rings (SSSR count). The number of aromatic nitrogens is 1. The summed E-state index contributed by atoms with van der Waals surface area (Å²) < 4.78 is 20.5. The lowest BCUT2D eigenvalue weighted by Gasteiger charge is -2.10.